The van der Waals surface area contributed by atoms with Gasteiger partial charge in [-0.05, 0) is 60.6 Å². The third kappa shape index (κ3) is 5.67. The molecule has 150 valence electrons. The first-order chi connectivity index (χ1) is 13.2. The molecule has 0 aliphatic heterocycles. The summed E-state index contributed by atoms with van der Waals surface area (Å²) in [6, 6.07) is 7.12. The van der Waals surface area contributed by atoms with Gasteiger partial charge in [0.15, 0.2) is 23.1 Å². The highest BCUT2D eigenvalue weighted by Crippen LogP contribution is 2.29. The lowest BCUT2D eigenvalue weighted by Gasteiger charge is -2.24. The van der Waals surface area contributed by atoms with Crippen LogP contribution >= 0.6 is 0 Å². The molecule has 0 amide bonds. The number of phenolic OH excluding ortho intramolecular Hbond substituents is 2. The molecule has 0 spiro atoms. The fraction of sp³-hybridized carbons (Fsp3) is 0.300. The Morgan fingerprint density at radius 2 is 1.36 bits per heavy atom. The Morgan fingerprint density at radius 1 is 0.857 bits per heavy atom. The Morgan fingerprint density at radius 3 is 1.79 bits per heavy atom. The zero-order chi connectivity index (χ0) is 20.8. The van der Waals surface area contributed by atoms with E-state index >= 15 is 0 Å². The van der Waals surface area contributed by atoms with Crippen LogP contribution in [0.15, 0.2) is 36.4 Å². The molecule has 0 unspecified atom stereocenters. The van der Waals surface area contributed by atoms with Crippen LogP contribution in [0.3, 0.4) is 0 Å². The van der Waals surface area contributed by atoms with Crippen LogP contribution in [0, 0.1) is 23.5 Å². The quantitative estimate of drug-likeness (QED) is 0.519. The summed E-state index contributed by atoms with van der Waals surface area (Å²) in [4.78, 5) is 22.8. The number of halogens is 2. The number of hydrogen-bond acceptors (Lipinski definition) is 4. The lowest BCUT2D eigenvalue weighted by Crippen LogP contribution is -2.28. The molecule has 0 aromatic heterocycles. The molecule has 0 heterocycles. The number of carboxylic acids is 2. The lowest BCUT2D eigenvalue weighted by molar-refractivity contribution is -0.145. The Bertz CT molecular complexity index is 868. The van der Waals surface area contributed by atoms with E-state index in [0.717, 1.165) is 18.2 Å². The number of carbonyl (C=O) groups is 2. The van der Waals surface area contributed by atoms with Crippen molar-refractivity contribution in [2.75, 3.05) is 0 Å². The van der Waals surface area contributed by atoms with Gasteiger partial charge in [-0.3, -0.25) is 9.59 Å². The number of benzene rings is 2. The van der Waals surface area contributed by atoms with Gasteiger partial charge in [0.1, 0.15) is 0 Å². The second kappa shape index (κ2) is 9.16. The van der Waals surface area contributed by atoms with Gasteiger partial charge in [-0.2, -0.15) is 0 Å². The van der Waals surface area contributed by atoms with E-state index in [2.05, 4.69) is 0 Å². The van der Waals surface area contributed by atoms with E-state index in [9.17, 15) is 33.7 Å². The summed E-state index contributed by atoms with van der Waals surface area (Å²) in [5.41, 5.74) is 0.844. The normalized spacial score (nSPS) is 13.1. The van der Waals surface area contributed by atoms with Crippen molar-refractivity contribution in [2.45, 2.75) is 25.7 Å². The average Bonchev–Trinajstić information content (AvgIpc) is 2.62. The average molecular weight is 394 g/mol. The fourth-order valence-corrected chi connectivity index (χ4v) is 3.14. The predicted molar refractivity (Wildman–Crippen MR) is 95.0 cm³/mol. The summed E-state index contributed by atoms with van der Waals surface area (Å²) >= 11 is 0. The van der Waals surface area contributed by atoms with Gasteiger partial charge in [0, 0.05) is 6.42 Å². The maximum absolute atomic E-state index is 13.3. The van der Waals surface area contributed by atoms with Crippen molar-refractivity contribution in [1.29, 1.82) is 0 Å². The molecule has 2 aromatic rings. The van der Waals surface area contributed by atoms with Crippen molar-refractivity contribution in [3.8, 4) is 11.5 Å². The van der Waals surface area contributed by atoms with Crippen LogP contribution in [0.1, 0.15) is 24.0 Å². The number of carboxylic acid groups (broad SMARTS) is 2. The predicted octanol–water partition coefficient (Wildman–Crippen LogP) is 3.34. The molecule has 0 aliphatic rings. The zero-order valence-electron chi connectivity index (χ0n) is 14.8. The second-order valence-electron chi connectivity index (χ2n) is 6.62. The van der Waals surface area contributed by atoms with Gasteiger partial charge >= 0.3 is 11.9 Å². The first kappa shape index (κ1) is 21.1. The Hall–Kier alpha value is -3.16. The number of aromatic hydroxyl groups is 2. The van der Waals surface area contributed by atoms with Crippen LogP contribution in [0.2, 0.25) is 0 Å². The molecule has 2 atom stereocenters. The van der Waals surface area contributed by atoms with Gasteiger partial charge in [-0.15, -0.1) is 0 Å². The molecule has 8 heteroatoms. The molecule has 6 nitrogen and oxygen atoms in total. The van der Waals surface area contributed by atoms with E-state index in [1.54, 1.807) is 0 Å². The summed E-state index contributed by atoms with van der Waals surface area (Å²) in [6.07, 6.45) is -0.181. The maximum atomic E-state index is 13.3. The van der Waals surface area contributed by atoms with Gasteiger partial charge in [0.25, 0.3) is 0 Å². The van der Waals surface area contributed by atoms with E-state index in [0.29, 0.717) is 11.1 Å². The first-order valence-corrected chi connectivity index (χ1v) is 8.56. The molecule has 28 heavy (non-hydrogen) atoms. The smallest absolute Gasteiger partial charge is 0.307 e. The van der Waals surface area contributed by atoms with Crippen LogP contribution in [0.25, 0.3) is 0 Å². The Labute approximate surface area is 159 Å². The first-order valence-electron chi connectivity index (χ1n) is 8.56. The van der Waals surface area contributed by atoms with Gasteiger partial charge in [0.05, 0.1) is 5.92 Å². The minimum absolute atomic E-state index is 0.0393. The molecular weight excluding hydrogens is 374 g/mol. The topological polar surface area (TPSA) is 115 Å². The van der Waals surface area contributed by atoms with Gasteiger partial charge in [-0.1, -0.05) is 12.1 Å². The summed E-state index contributed by atoms with van der Waals surface area (Å²) in [5, 5.41) is 37.7. The molecule has 2 aromatic carbocycles. The molecule has 0 radical (unpaired) electrons. The second-order valence-corrected chi connectivity index (χ2v) is 6.62. The number of hydrogen-bond donors (Lipinski definition) is 4. The van der Waals surface area contributed by atoms with Crippen molar-refractivity contribution in [3.05, 3.63) is 59.2 Å². The van der Waals surface area contributed by atoms with Crippen molar-refractivity contribution >= 4 is 11.9 Å². The largest absolute Gasteiger partial charge is 0.505 e. The van der Waals surface area contributed by atoms with Crippen LogP contribution in [-0.4, -0.2) is 32.4 Å². The van der Waals surface area contributed by atoms with Crippen LogP contribution in [0.4, 0.5) is 8.78 Å². The van der Waals surface area contributed by atoms with E-state index in [1.165, 1.54) is 18.2 Å². The minimum Gasteiger partial charge on any atom is -0.505 e. The van der Waals surface area contributed by atoms with Gasteiger partial charge in [-0.25, -0.2) is 8.78 Å². The molecule has 0 bridgehead atoms. The van der Waals surface area contributed by atoms with Crippen molar-refractivity contribution < 1.29 is 38.8 Å². The summed E-state index contributed by atoms with van der Waals surface area (Å²) < 4.78 is 26.5. The maximum Gasteiger partial charge on any atom is 0.307 e. The van der Waals surface area contributed by atoms with Gasteiger partial charge < -0.3 is 20.4 Å². The highest BCUT2D eigenvalue weighted by atomic mass is 19.1. The van der Waals surface area contributed by atoms with Crippen molar-refractivity contribution in [3.63, 3.8) is 0 Å². The number of phenols is 2. The van der Waals surface area contributed by atoms with Crippen LogP contribution in [-0.2, 0) is 22.4 Å². The Balaban J connectivity index is 2.29. The molecule has 0 saturated heterocycles. The molecule has 2 rings (SSSR count). The van der Waals surface area contributed by atoms with Gasteiger partial charge in [0.2, 0.25) is 0 Å². The minimum atomic E-state index is -1.18. The fourth-order valence-electron chi connectivity index (χ4n) is 3.14. The third-order valence-corrected chi connectivity index (χ3v) is 4.59. The van der Waals surface area contributed by atoms with Crippen molar-refractivity contribution in [1.82, 2.24) is 0 Å². The summed E-state index contributed by atoms with van der Waals surface area (Å²) in [6.45, 7) is 0. The summed E-state index contributed by atoms with van der Waals surface area (Å²) in [5.74, 6) is -6.78. The highest BCUT2D eigenvalue weighted by Gasteiger charge is 2.29. The molecule has 0 fully saturated rings. The molecule has 4 N–H and O–H groups in total. The highest BCUT2D eigenvalue weighted by molar-refractivity contribution is 5.71. The van der Waals surface area contributed by atoms with E-state index < -0.39 is 46.9 Å². The monoisotopic (exact) mass is 394 g/mol. The number of aliphatic carboxylic acids is 2. The lowest BCUT2D eigenvalue weighted by atomic mass is 9.80. The van der Waals surface area contributed by atoms with E-state index in [1.807, 2.05) is 0 Å². The van der Waals surface area contributed by atoms with E-state index in [4.69, 9.17) is 5.11 Å². The Kier molecular flexibility index (Phi) is 6.92. The molecular formula is C20H20F2O6. The number of rotatable bonds is 9. The zero-order valence-corrected chi connectivity index (χ0v) is 14.8. The molecule has 0 aliphatic carbocycles. The van der Waals surface area contributed by atoms with Crippen LogP contribution < -0.4 is 0 Å². The summed E-state index contributed by atoms with van der Waals surface area (Å²) in [7, 11) is 0. The standard InChI is InChI=1S/C20H20F2O6/c21-15-4-1-11(9-17(15)23)7-13(3-6-19(25)26)14(20(27)28)8-12-2-5-16(22)18(24)10-12/h1-2,4-5,9-10,13-14,23-24H,3,6-8H2,(H,25,26)(H,27,28)/t13-,14-/m1/s1. The van der Waals surface area contributed by atoms with Crippen molar-refractivity contribution in [2.24, 2.45) is 11.8 Å². The third-order valence-electron chi connectivity index (χ3n) is 4.59. The van der Waals surface area contributed by atoms with E-state index in [-0.39, 0.29) is 25.7 Å². The SMILES string of the molecule is O=C(O)CC[C@H](Cc1ccc(F)c(O)c1)[C@@H](Cc1ccc(F)c(O)c1)C(=O)O. The van der Waals surface area contributed by atoms with Crippen LogP contribution in [0.5, 0.6) is 11.5 Å². The molecule has 0 saturated carbocycles.